The molecule has 1 heterocycles. The Balaban J connectivity index is 2.14. The normalized spacial score (nSPS) is 10.8. The first-order valence-electron chi connectivity index (χ1n) is 6.40. The fraction of sp³-hybridized carbons (Fsp3) is 0.333. The Hall–Kier alpha value is -1.94. The van der Waals surface area contributed by atoms with Crippen LogP contribution in [-0.2, 0) is 6.54 Å². The van der Waals surface area contributed by atoms with Crippen LogP contribution in [0, 0.1) is 6.92 Å². The van der Waals surface area contributed by atoms with Gasteiger partial charge in [0.15, 0.2) is 0 Å². The molecule has 0 aliphatic heterocycles. The predicted octanol–water partition coefficient (Wildman–Crippen LogP) is 3.16. The maximum Gasteiger partial charge on any atom is 0.322 e. The highest BCUT2D eigenvalue weighted by Gasteiger charge is 2.05. The van der Waals surface area contributed by atoms with Gasteiger partial charge in [-0.1, -0.05) is 26.0 Å². The van der Waals surface area contributed by atoms with Crippen molar-refractivity contribution in [1.29, 1.82) is 0 Å². The molecule has 0 atom stereocenters. The highest BCUT2D eigenvalue weighted by atomic mass is 16.5. The van der Waals surface area contributed by atoms with Crippen molar-refractivity contribution < 1.29 is 4.74 Å². The van der Waals surface area contributed by atoms with E-state index in [1.54, 1.807) is 6.20 Å². The van der Waals surface area contributed by atoms with Crippen LogP contribution < -0.4 is 10.5 Å². The molecule has 0 amide bonds. The van der Waals surface area contributed by atoms with E-state index in [0.29, 0.717) is 18.5 Å². The average molecular weight is 257 g/mol. The van der Waals surface area contributed by atoms with Gasteiger partial charge in [0, 0.05) is 24.0 Å². The lowest BCUT2D eigenvalue weighted by Gasteiger charge is -2.08. The van der Waals surface area contributed by atoms with E-state index < -0.39 is 0 Å². The Bertz CT molecular complexity index is 550. The second kappa shape index (κ2) is 5.80. The highest BCUT2D eigenvalue weighted by molar-refractivity contribution is 5.31. The van der Waals surface area contributed by atoms with E-state index in [1.165, 1.54) is 5.56 Å². The Morgan fingerprint density at radius 3 is 2.42 bits per heavy atom. The summed E-state index contributed by atoms with van der Waals surface area (Å²) in [5.41, 5.74) is 8.64. The Labute approximate surface area is 113 Å². The third-order valence-electron chi connectivity index (χ3n) is 3.03. The molecule has 0 fully saturated rings. The second-order valence-corrected chi connectivity index (χ2v) is 4.79. The summed E-state index contributed by atoms with van der Waals surface area (Å²) in [6.07, 6.45) is 1.71. The molecule has 2 aromatic rings. The Morgan fingerprint density at radius 2 is 1.89 bits per heavy atom. The Morgan fingerprint density at radius 1 is 1.21 bits per heavy atom. The molecule has 19 heavy (non-hydrogen) atoms. The minimum atomic E-state index is 0.354. The van der Waals surface area contributed by atoms with Crippen LogP contribution >= 0.6 is 0 Å². The van der Waals surface area contributed by atoms with Gasteiger partial charge in [-0.15, -0.1) is 0 Å². The highest BCUT2D eigenvalue weighted by Crippen LogP contribution is 2.22. The average Bonchev–Trinajstić information content (AvgIpc) is 2.39. The summed E-state index contributed by atoms with van der Waals surface area (Å²) in [5.74, 6) is 1.25. The van der Waals surface area contributed by atoms with Crippen LogP contribution in [0.15, 0.2) is 30.5 Å². The molecule has 1 aromatic carbocycles. The van der Waals surface area contributed by atoms with Crippen molar-refractivity contribution in [2.75, 3.05) is 0 Å². The SMILES string of the molecule is Cc1nc(Oc2ccc(C(C)C)cc2)ncc1CN. The zero-order chi connectivity index (χ0) is 13.8. The van der Waals surface area contributed by atoms with E-state index >= 15 is 0 Å². The lowest BCUT2D eigenvalue weighted by molar-refractivity contribution is 0.439. The molecule has 100 valence electrons. The number of ether oxygens (including phenoxy) is 1. The summed E-state index contributed by atoms with van der Waals surface area (Å²) in [6.45, 7) is 6.66. The third kappa shape index (κ3) is 3.29. The van der Waals surface area contributed by atoms with Crippen molar-refractivity contribution in [3.63, 3.8) is 0 Å². The van der Waals surface area contributed by atoms with Gasteiger partial charge in [-0.2, -0.15) is 4.98 Å². The molecule has 0 saturated heterocycles. The molecule has 0 aliphatic carbocycles. The van der Waals surface area contributed by atoms with E-state index in [1.807, 2.05) is 19.1 Å². The van der Waals surface area contributed by atoms with Gasteiger partial charge in [-0.3, -0.25) is 0 Å². The molecular weight excluding hydrogens is 238 g/mol. The summed E-state index contributed by atoms with van der Waals surface area (Å²) >= 11 is 0. The number of aromatic nitrogens is 2. The van der Waals surface area contributed by atoms with Gasteiger partial charge in [0.2, 0.25) is 0 Å². The number of benzene rings is 1. The summed E-state index contributed by atoms with van der Waals surface area (Å²) in [6, 6.07) is 8.34. The van der Waals surface area contributed by atoms with Crippen molar-refractivity contribution in [1.82, 2.24) is 9.97 Å². The van der Waals surface area contributed by atoms with Crippen LogP contribution in [0.5, 0.6) is 11.8 Å². The smallest absolute Gasteiger partial charge is 0.322 e. The van der Waals surface area contributed by atoms with Gasteiger partial charge in [0.05, 0.1) is 0 Å². The van der Waals surface area contributed by atoms with Gasteiger partial charge in [-0.25, -0.2) is 4.98 Å². The van der Waals surface area contributed by atoms with Crippen LogP contribution in [0.25, 0.3) is 0 Å². The zero-order valence-corrected chi connectivity index (χ0v) is 11.6. The fourth-order valence-electron chi connectivity index (χ4n) is 1.75. The van der Waals surface area contributed by atoms with E-state index in [4.69, 9.17) is 10.5 Å². The number of hydrogen-bond donors (Lipinski definition) is 1. The van der Waals surface area contributed by atoms with Crippen molar-refractivity contribution in [3.05, 3.63) is 47.3 Å². The number of nitrogens with zero attached hydrogens (tertiary/aromatic N) is 2. The Kier molecular flexibility index (Phi) is 4.12. The molecule has 4 heteroatoms. The van der Waals surface area contributed by atoms with E-state index in [2.05, 4.69) is 35.9 Å². The minimum absolute atomic E-state index is 0.354. The summed E-state index contributed by atoms with van der Waals surface area (Å²) < 4.78 is 5.63. The maximum atomic E-state index is 5.63. The predicted molar refractivity (Wildman–Crippen MR) is 75.3 cm³/mol. The van der Waals surface area contributed by atoms with Gasteiger partial charge in [0.25, 0.3) is 0 Å². The van der Waals surface area contributed by atoms with Crippen LogP contribution in [0.4, 0.5) is 0 Å². The molecule has 0 unspecified atom stereocenters. The molecule has 2 rings (SSSR count). The largest absolute Gasteiger partial charge is 0.424 e. The maximum absolute atomic E-state index is 5.63. The van der Waals surface area contributed by atoms with E-state index in [-0.39, 0.29) is 0 Å². The standard InChI is InChI=1S/C15H19N3O/c1-10(2)12-4-6-14(7-5-12)19-15-17-9-13(8-16)11(3)18-15/h4-7,9-10H,8,16H2,1-3H3. The molecule has 0 bridgehead atoms. The van der Waals surface area contributed by atoms with Crippen molar-refractivity contribution in [2.24, 2.45) is 5.73 Å². The van der Waals surface area contributed by atoms with Crippen molar-refractivity contribution in [3.8, 4) is 11.8 Å². The molecule has 0 aliphatic rings. The number of rotatable bonds is 4. The van der Waals surface area contributed by atoms with Crippen molar-refractivity contribution in [2.45, 2.75) is 33.2 Å². The fourth-order valence-corrected chi connectivity index (χ4v) is 1.75. The summed E-state index contributed by atoms with van der Waals surface area (Å²) in [4.78, 5) is 8.43. The lowest BCUT2D eigenvalue weighted by atomic mass is 10.0. The summed E-state index contributed by atoms with van der Waals surface area (Å²) in [7, 11) is 0. The van der Waals surface area contributed by atoms with Gasteiger partial charge in [0.1, 0.15) is 5.75 Å². The molecule has 0 spiro atoms. The van der Waals surface area contributed by atoms with Gasteiger partial charge < -0.3 is 10.5 Å². The van der Waals surface area contributed by atoms with Crippen LogP contribution in [0.2, 0.25) is 0 Å². The first-order valence-corrected chi connectivity index (χ1v) is 6.40. The number of nitrogens with two attached hydrogens (primary N) is 1. The molecule has 1 aromatic heterocycles. The quantitative estimate of drug-likeness (QED) is 0.914. The van der Waals surface area contributed by atoms with E-state index in [9.17, 15) is 0 Å². The second-order valence-electron chi connectivity index (χ2n) is 4.79. The van der Waals surface area contributed by atoms with Crippen LogP contribution in [0.3, 0.4) is 0 Å². The van der Waals surface area contributed by atoms with Gasteiger partial charge >= 0.3 is 6.01 Å². The minimum Gasteiger partial charge on any atom is -0.424 e. The molecule has 0 radical (unpaired) electrons. The van der Waals surface area contributed by atoms with Gasteiger partial charge in [-0.05, 0) is 30.5 Å². The van der Waals surface area contributed by atoms with Crippen molar-refractivity contribution >= 4 is 0 Å². The third-order valence-corrected chi connectivity index (χ3v) is 3.03. The van der Waals surface area contributed by atoms with Crippen LogP contribution in [0.1, 0.15) is 36.6 Å². The molecule has 0 saturated carbocycles. The molecule has 2 N–H and O–H groups in total. The number of hydrogen-bond acceptors (Lipinski definition) is 4. The lowest BCUT2D eigenvalue weighted by Crippen LogP contribution is -2.03. The van der Waals surface area contributed by atoms with Crippen LogP contribution in [-0.4, -0.2) is 9.97 Å². The monoisotopic (exact) mass is 257 g/mol. The zero-order valence-electron chi connectivity index (χ0n) is 11.6. The topological polar surface area (TPSA) is 61.0 Å². The number of aryl methyl sites for hydroxylation is 1. The molecule has 4 nitrogen and oxygen atoms in total. The summed E-state index contributed by atoms with van der Waals surface area (Å²) in [5, 5.41) is 0. The first-order chi connectivity index (χ1) is 9.10. The first kappa shape index (κ1) is 13.5. The molecular formula is C15H19N3O. The van der Waals surface area contributed by atoms with E-state index in [0.717, 1.165) is 17.0 Å².